The van der Waals surface area contributed by atoms with Gasteiger partial charge in [-0.05, 0) is 80.4 Å². The number of rotatable bonds is 6. The van der Waals surface area contributed by atoms with Crippen molar-refractivity contribution >= 4 is 17.1 Å². The van der Waals surface area contributed by atoms with Gasteiger partial charge in [-0.1, -0.05) is 159 Å². The fraction of sp³-hybridized carbons (Fsp3) is 0.0667. The molecule has 7 aromatic carbocycles. The van der Waals surface area contributed by atoms with E-state index in [2.05, 4.69) is 195 Å². The van der Waals surface area contributed by atoms with Gasteiger partial charge in [0.05, 0.1) is 5.69 Å². The van der Waals surface area contributed by atoms with Crippen molar-refractivity contribution < 1.29 is 0 Å². The monoisotopic (exact) mass is 589 g/mol. The molecular formula is C45H35N. The van der Waals surface area contributed by atoms with E-state index in [1.54, 1.807) is 0 Å². The van der Waals surface area contributed by atoms with Gasteiger partial charge in [0.15, 0.2) is 0 Å². The summed E-state index contributed by atoms with van der Waals surface area (Å²) in [7, 11) is 0. The number of benzene rings is 7. The maximum atomic E-state index is 2.45. The summed E-state index contributed by atoms with van der Waals surface area (Å²) in [6.07, 6.45) is 0. The Balaban J connectivity index is 1.36. The summed E-state index contributed by atoms with van der Waals surface area (Å²) in [6.45, 7) is 4.71. The second kappa shape index (κ2) is 11.4. The Morgan fingerprint density at radius 3 is 1.65 bits per heavy atom. The normalized spacial score (nSPS) is 12.7. The molecule has 0 heterocycles. The zero-order chi connectivity index (χ0) is 31.1. The third-order valence-electron chi connectivity index (χ3n) is 9.48. The maximum Gasteiger partial charge on any atom is 0.0540 e. The van der Waals surface area contributed by atoms with E-state index >= 15 is 0 Å². The average Bonchev–Trinajstić information content (AvgIpc) is 3.35. The first-order chi connectivity index (χ1) is 22.6. The third kappa shape index (κ3) is 4.73. The van der Waals surface area contributed by atoms with Crippen LogP contribution in [0.3, 0.4) is 0 Å². The largest absolute Gasteiger partial charge is 0.310 e. The van der Waals surface area contributed by atoms with Gasteiger partial charge in [-0.3, -0.25) is 0 Å². The van der Waals surface area contributed by atoms with E-state index in [0.29, 0.717) is 0 Å². The molecule has 0 fully saturated rings. The van der Waals surface area contributed by atoms with Crippen molar-refractivity contribution in [3.05, 3.63) is 187 Å². The van der Waals surface area contributed by atoms with Crippen molar-refractivity contribution in [1.29, 1.82) is 0 Å². The summed E-state index contributed by atoms with van der Waals surface area (Å²) in [5.41, 5.74) is 16.0. The predicted octanol–water partition coefficient (Wildman–Crippen LogP) is 12.5. The lowest BCUT2D eigenvalue weighted by Crippen LogP contribution is -2.17. The van der Waals surface area contributed by atoms with Gasteiger partial charge >= 0.3 is 0 Å². The minimum atomic E-state index is -0.0983. The first-order valence-electron chi connectivity index (χ1n) is 16.0. The van der Waals surface area contributed by atoms with Gasteiger partial charge in [0, 0.05) is 22.4 Å². The molecule has 1 aliphatic carbocycles. The van der Waals surface area contributed by atoms with E-state index in [4.69, 9.17) is 0 Å². The van der Waals surface area contributed by atoms with Crippen LogP contribution in [-0.4, -0.2) is 0 Å². The van der Waals surface area contributed by atoms with Crippen LogP contribution in [0.1, 0.15) is 25.0 Å². The van der Waals surface area contributed by atoms with Crippen molar-refractivity contribution in [2.24, 2.45) is 0 Å². The quantitative estimate of drug-likeness (QED) is 0.186. The summed E-state index contributed by atoms with van der Waals surface area (Å²) < 4.78 is 0. The first-order valence-corrected chi connectivity index (χ1v) is 16.0. The summed E-state index contributed by atoms with van der Waals surface area (Å²) in [5, 5.41) is 0. The molecule has 0 saturated heterocycles. The second-order valence-corrected chi connectivity index (χ2v) is 12.6. The number of hydrogen-bond donors (Lipinski definition) is 0. The lowest BCUT2D eigenvalue weighted by molar-refractivity contribution is 0.660. The Morgan fingerprint density at radius 1 is 0.348 bits per heavy atom. The molecule has 0 radical (unpaired) electrons. The topological polar surface area (TPSA) is 3.24 Å². The van der Waals surface area contributed by atoms with E-state index in [1.807, 2.05) is 0 Å². The van der Waals surface area contributed by atoms with Gasteiger partial charge in [-0.2, -0.15) is 0 Å². The van der Waals surface area contributed by atoms with E-state index in [9.17, 15) is 0 Å². The van der Waals surface area contributed by atoms with Crippen molar-refractivity contribution in [2.45, 2.75) is 19.3 Å². The summed E-state index contributed by atoms with van der Waals surface area (Å²) >= 11 is 0. The van der Waals surface area contributed by atoms with E-state index in [-0.39, 0.29) is 5.41 Å². The fourth-order valence-corrected chi connectivity index (χ4v) is 7.20. The Bertz CT molecular complexity index is 2180. The SMILES string of the molecule is CC1(C)c2ccccc2-c2ccc(N(c3cccc(-c4ccccc4)c3)c3ccccc3-c3ccccc3-c3ccccc3)cc21. The molecule has 0 spiro atoms. The molecular weight excluding hydrogens is 555 g/mol. The maximum absolute atomic E-state index is 2.45. The molecule has 1 aliphatic rings. The minimum Gasteiger partial charge on any atom is -0.310 e. The van der Waals surface area contributed by atoms with Crippen LogP contribution < -0.4 is 4.90 Å². The Kier molecular flexibility index (Phi) is 6.88. The van der Waals surface area contributed by atoms with Crippen LogP contribution in [0.2, 0.25) is 0 Å². The molecule has 46 heavy (non-hydrogen) atoms. The molecule has 0 aliphatic heterocycles. The number of nitrogens with zero attached hydrogens (tertiary/aromatic N) is 1. The van der Waals surface area contributed by atoms with Crippen molar-refractivity contribution in [3.8, 4) is 44.5 Å². The van der Waals surface area contributed by atoms with Crippen LogP contribution in [-0.2, 0) is 5.41 Å². The molecule has 0 N–H and O–H groups in total. The second-order valence-electron chi connectivity index (χ2n) is 12.6. The number of para-hydroxylation sites is 1. The Hall–Kier alpha value is -5.66. The molecule has 0 atom stereocenters. The van der Waals surface area contributed by atoms with E-state index in [0.717, 1.165) is 17.1 Å². The van der Waals surface area contributed by atoms with Gasteiger partial charge in [-0.15, -0.1) is 0 Å². The molecule has 0 aromatic heterocycles. The lowest BCUT2D eigenvalue weighted by atomic mass is 9.82. The zero-order valence-corrected chi connectivity index (χ0v) is 26.2. The van der Waals surface area contributed by atoms with E-state index < -0.39 is 0 Å². The number of hydrogen-bond acceptors (Lipinski definition) is 1. The lowest BCUT2D eigenvalue weighted by Gasteiger charge is -2.30. The van der Waals surface area contributed by atoms with Crippen LogP contribution in [0.5, 0.6) is 0 Å². The first kappa shape index (κ1) is 27.9. The smallest absolute Gasteiger partial charge is 0.0540 e. The minimum absolute atomic E-state index is 0.0983. The number of fused-ring (bicyclic) bond motifs is 3. The highest BCUT2D eigenvalue weighted by atomic mass is 15.1. The third-order valence-corrected chi connectivity index (χ3v) is 9.48. The molecule has 0 bridgehead atoms. The van der Waals surface area contributed by atoms with Gasteiger partial charge in [-0.25, -0.2) is 0 Å². The Morgan fingerprint density at radius 2 is 0.891 bits per heavy atom. The van der Waals surface area contributed by atoms with Gasteiger partial charge in [0.1, 0.15) is 0 Å². The zero-order valence-electron chi connectivity index (χ0n) is 26.2. The van der Waals surface area contributed by atoms with Gasteiger partial charge in [0.25, 0.3) is 0 Å². The summed E-state index contributed by atoms with van der Waals surface area (Å²) in [6, 6.07) is 63.8. The van der Waals surface area contributed by atoms with Crippen LogP contribution in [0.15, 0.2) is 176 Å². The molecule has 1 nitrogen and oxygen atoms in total. The fourth-order valence-electron chi connectivity index (χ4n) is 7.20. The predicted molar refractivity (Wildman–Crippen MR) is 195 cm³/mol. The summed E-state index contributed by atoms with van der Waals surface area (Å²) in [4.78, 5) is 2.45. The van der Waals surface area contributed by atoms with Crippen molar-refractivity contribution in [3.63, 3.8) is 0 Å². The molecule has 8 rings (SSSR count). The molecule has 0 amide bonds. The van der Waals surface area contributed by atoms with Crippen LogP contribution >= 0.6 is 0 Å². The summed E-state index contributed by atoms with van der Waals surface area (Å²) in [5.74, 6) is 0. The van der Waals surface area contributed by atoms with Crippen LogP contribution in [0.25, 0.3) is 44.5 Å². The molecule has 7 aromatic rings. The highest BCUT2D eigenvalue weighted by molar-refractivity contribution is 5.95. The van der Waals surface area contributed by atoms with Crippen molar-refractivity contribution in [1.82, 2.24) is 0 Å². The highest BCUT2D eigenvalue weighted by Crippen LogP contribution is 2.51. The van der Waals surface area contributed by atoms with E-state index in [1.165, 1.54) is 55.6 Å². The standard InChI is InChI=1S/C45H35N/c1-45(2)42-26-13-11-24-39(42)40-29-28-36(31-43(40)45)46(35-21-15-20-34(30-35)32-16-5-3-6-17-32)44-27-14-12-25-41(44)38-23-10-9-22-37(38)33-18-7-4-8-19-33/h3-31H,1-2H3. The number of anilines is 3. The van der Waals surface area contributed by atoms with Crippen LogP contribution in [0, 0.1) is 0 Å². The van der Waals surface area contributed by atoms with Crippen LogP contribution in [0.4, 0.5) is 17.1 Å². The molecule has 0 unspecified atom stereocenters. The molecule has 1 heteroatoms. The molecule has 220 valence electrons. The van der Waals surface area contributed by atoms with Crippen molar-refractivity contribution in [2.75, 3.05) is 4.90 Å². The Labute approximate surface area is 272 Å². The van der Waals surface area contributed by atoms with Gasteiger partial charge in [0.2, 0.25) is 0 Å². The van der Waals surface area contributed by atoms with Gasteiger partial charge < -0.3 is 4.90 Å². The average molecular weight is 590 g/mol. The molecule has 0 saturated carbocycles. The highest BCUT2D eigenvalue weighted by Gasteiger charge is 2.35.